The number of hydrogen-bond donors (Lipinski definition) is 0. The highest BCUT2D eigenvalue weighted by Gasteiger charge is 2.29. The number of non-ortho nitro benzene ring substituents is 1. The third-order valence-corrected chi connectivity index (χ3v) is 3.78. The number of rotatable bonds is 4. The summed E-state index contributed by atoms with van der Waals surface area (Å²) in [5, 5.41) is 22.2. The van der Waals surface area contributed by atoms with Gasteiger partial charge in [-0.25, -0.2) is 4.68 Å². The molecule has 3 rings (SSSR count). The first kappa shape index (κ1) is 16.1. The van der Waals surface area contributed by atoms with Crippen molar-refractivity contribution in [2.24, 2.45) is 7.05 Å². The van der Waals surface area contributed by atoms with Crippen LogP contribution in [0.15, 0.2) is 59.4 Å². The second-order valence-corrected chi connectivity index (χ2v) is 5.23. The lowest BCUT2D eigenvalue weighted by atomic mass is 10.1. The first-order valence-electron chi connectivity index (χ1n) is 7.18. The number of nitro groups is 2. The van der Waals surface area contributed by atoms with Crippen LogP contribution in [0.1, 0.15) is 0 Å². The van der Waals surface area contributed by atoms with Crippen LogP contribution in [-0.4, -0.2) is 19.2 Å². The fraction of sp³-hybridized carbons (Fsp3) is 0.0625. The zero-order valence-electron chi connectivity index (χ0n) is 13.0. The molecule has 3 aromatic rings. The lowest BCUT2D eigenvalue weighted by Crippen LogP contribution is -2.20. The summed E-state index contributed by atoms with van der Waals surface area (Å²) in [6, 6.07) is 13.8. The predicted molar refractivity (Wildman–Crippen MR) is 89.8 cm³/mol. The SMILES string of the molecule is Cn1c(-c2ccc([N+](=O)[O-])cc2)c([N+](=O)[O-])c(=O)n1-c1ccccc1. The molecule has 2 aromatic carbocycles. The summed E-state index contributed by atoms with van der Waals surface area (Å²) in [6.45, 7) is 0. The van der Waals surface area contributed by atoms with Crippen molar-refractivity contribution in [3.05, 3.63) is 85.2 Å². The number of nitrogens with zero attached hydrogens (tertiary/aromatic N) is 4. The Morgan fingerprint density at radius 2 is 1.48 bits per heavy atom. The highest BCUT2D eigenvalue weighted by Crippen LogP contribution is 2.29. The standard InChI is InChI=1S/C16H12N4O5/c1-17-14(11-7-9-13(10-8-11)19(22)23)15(20(24)25)16(21)18(17)12-5-3-2-4-6-12/h2-10H,1H3. The van der Waals surface area contributed by atoms with E-state index in [1.54, 1.807) is 30.3 Å². The molecule has 126 valence electrons. The average molecular weight is 340 g/mol. The van der Waals surface area contributed by atoms with Crippen LogP contribution in [0.5, 0.6) is 0 Å². The van der Waals surface area contributed by atoms with Crippen molar-refractivity contribution in [1.82, 2.24) is 9.36 Å². The summed E-state index contributed by atoms with van der Waals surface area (Å²) < 4.78 is 2.56. The van der Waals surface area contributed by atoms with Crippen LogP contribution in [0.25, 0.3) is 16.9 Å². The predicted octanol–water partition coefficient (Wildman–Crippen LogP) is 2.66. The Morgan fingerprint density at radius 1 is 0.880 bits per heavy atom. The molecule has 9 heteroatoms. The zero-order valence-corrected chi connectivity index (χ0v) is 13.0. The molecule has 0 N–H and O–H groups in total. The molecular weight excluding hydrogens is 328 g/mol. The molecule has 0 saturated carbocycles. The third kappa shape index (κ3) is 2.67. The van der Waals surface area contributed by atoms with Crippen LogP contribution in [0, 0.1) is 20.2 Å². The molecular formula is C16H12N4O5. The van der Waals surface area contributed by atoms with E-state index in [1.165, 1.54) is 40.7 Å². The van der Waals surface area contributed by atoms with E-state index < -0.39 is 21.1 Å². The van der Waals surface area contributed by atoms with Crippen LogP contribution in [-0.2, 0) is 7.05 Å². The maximum absolute atomic E-state index is 12.6. The van der Waals surface area contributed by atoms with Gasteiger partial charge in [-0.3, -0.25) is 29.7 Å². The molecule has 0 unspecified atom stereocenters. The fourth-order valence-electron chi connectivity index (χ4n) is 2.68. The molecule has 9 nitrogen and oxygen atoms in total. The van der Waals surface area contributed by atoms with E-state index in [9.17, 15) is 25.0 Å². The van der Waals surface area contributed by atoms with E-state index in [-0.39, 0.29) is 11.4 Å². The maximum atomic E-state index is 12.6. The second kappa shape index (κ2) is 6.04. The summed E-state index contributed by atoms with van der Waals surface area (Å²) >= 11 is 0. The lowest BCUT2D eigenvalue weighted by Gasteiger charge is -2.08. The number of hydrogen-bond acceptors (Lipinski definition) is 5. The van der Waals surface area contributed by atoms with Gasteiger partial charge < -0.3 is 0 Å². The van der Waals surface area contributed by atoms with Gasteiger partial charge in [-0.2, -0.15) is 0 Å². The van der Waals surface area contributed by atoms with Crippen molar-refractivity contribution in [2.75, 3.05) is 0 Å². The molecule has 0 fully saturated rings. The van der Waals surface area contributed by atoms with Gasteiger partial charge in [0.1, 0.15) is 5.69 Å². The fourth-order valence-corrected chi connectivity index (χ4v) is 2.68. The van der Waals surface area contributed by atoms with Crippen LogP contribution in [0.2, 0.25) is 0 Å². The van der Waals surface area contributed by atoms with Gasteiger partial charge in [0, 0.05) is 24.7 Å². The average Bonchev–Trinajstić information content (AvgIpc) is 2.86. The smallest absolute Gasteiger partial charge is 0.273 e. The zero-order chi connectivity index (χ0) is 18.1. The number of benzene rings is 2. The van der Waals surface area contributed by atoms with Gasteiger partial charge in [0.2, 0.25) is 0 Å². The molecule has 0 amide bonds. The van der Waals surface area contributed by atoms with Crippen molar-refractivity contribution in [3.63, 3.8) is 0 Å². The summed E-state index contributed by atoms with van der Waals surface area (Å²) in [5.74, 6) is 0. The van der Waals surface area contributed by atoms with Crippen molar-refractivity contribution in [2.45, 2.75) is 0 Å². The van der Waals surface area contributed by atoms with Crippen molar-refractivity contribution >= 4 is 11.4 Å². The van der Waals surface area contributed by atoms with E-state index in [1.807, 2.05) is 0 Å². The van der Waals surface area contributed by atoms with E-state index >= 15 is 0 Å². The van der Waals surface area contributed by atoms with Gasteiger partial charge in [-0.05, 0) is 24.3 Å². The molecule has 0 radical (unpaired) electrons. The molecule has 1 aromatic heterocycles. The number of para-hydroxylation sites is 1. The third-order valence-electron chi connectivity index (χ3n) is 3.78. The molecule has 0 aliphatic rings. The summed E-state index contributed by atoms with van der Waals surface area (Å²) in [7, 11) is 1.53. The maximum Gasteiger partial charge on any atom is 0.361 e. The second-order valence-electron chi connectivity index (χ2n) is 5.23. The minimum Gasteiger partial charge on any atom is -0.273 e. The van der Waals surface area contributed by atoms with Crippen molar-refractivity contribution < 1.29 is 9.85 Å². The summed E-state index contributed by atoms with van der Waals surface area (Å²) in [5.41, 5.74) is -0.599. The first-order valence-corrected chi connectivity index (χ1v) is 7.18. The quantitative estimate of drug-likeness (QED) is 0.535. The highest BCUT2D eigenvalue weighted by molar-refractivity contribution is 5.71. The molecule has 0 bridgehead atoms. The number of nitro benzene ring substituents is 1. The Balaban J connectivity index is 2.28. The Bertz CT molecular complexity index is 1020. The van der Waals surface area contributed by atoms with Crippen molar-refractivity contribution in [3.8, 4) is 16.9 Å². The minimum atomic E-state index is -0.771. The van der Waals surface area contributed by atoms with Gasteiger partial charge in [0.15, 0.2) is 0 Å². The van der Waals surface area contributed by atoms with Crippen molar-refractivity contribution in [1.29, 1.82) is 0 Å². The monoisotopic (exact) mass is 340 g/mol. The Kier molecular flexibility index (Phi) is 3.89. The van der Waals surface area contributed by atoms with Crippen LogP contribution < -0.4 is 5.56 Å². The van der Waals surface area contributed by atoms with Gasteiger partial charge in [0.05, 0.1) is 15.5 Å². The molecule has 0 spiro atoms. The normalized spacial score (nSPS) is 10.6. The molecule has 0 atom stereocenters. The molecule has 25 heavy (non-hydrogen) atoms. The Hall–Kier alpha value is -3.75. The van der Waals surface area contributed by atoms with Crippen LogP contribution in [0.4, 0.5) is 11.4 Å². The largest absolute Gasteiger partial charge is 0.361 e. The molecule has 0 saturated heterocycles. The van der Waals surface area contributed by atoms with Gasteiger partial charge >= 0.3 is 11.2 Å². The van der Waals surface area contributed by atoms with E-state index in [0.29, 0.717) is 11.3 Å². The minimum absolute atomic E-state index is 0.0775. The van der Waals surface area contributed by atoms with Gasteiger partial charge in [-0.1, -0.05) is 18.2 Å². The summed E-state index contributed by atoms with van der Waals surface area (Å²) in [4.78, 5) is 33.5. The number of aromatic nitrogens is 2. The highest BCUT2D eigenvalue weighted by atomic mass is 16.6. The molecule has 0 aliphatic carbocycles. The molecule has 0 aliphatic heterocycles. The van der Waals surface area contributed by atoms with Crippen LogP contribution >= 0.6 is 0 Å². The van der Waals surface area contributed by atoms with E-state index in [0.717, 1.165) is 0 Å². The lowest BCUT2D eigenvalue weighted by molar-refractivity contribution is -0.385. The van der Waals surface area contributed by atoms with Gasteiger partial charge in [-0.15, -0.1) is 0 Å². The van der Waals surface area contributed by atoms with Crippen LogP contribution in [0.3, 0.4) is 0 Å². The van der Waals surface area contributed by atoms with E-state index in [2.05, 4.69) is 0 Å². The van der Waals surface area contributed by atoms with Gasteiger partial charge in [0.25, 0.3) is 5.69 Å². The molecule has 1 heterocycles. The Morgan fingerprint density at radius 3 is 2.00 bits per heavy atom. The Labute approximate surface area is 140 Å². The summed E-state index contributed by atoms with van der Waals surface area (Å²) in [6.07, 6.45) is 0. The van der Waals surface area contributed by atoms with E-state index in [4.69, 9.17) is 0 Å². The first-order chi connectivity index (χ1) is 11.9. The topological polar surface area (TPSA) is 113 Å².